The van der Waals surface area contributed by atoms with Gasteiger partial charge in [0.1, 0.15) is 5.78 Å². The lowest BCUT2D eigenvalue weighted by Crippen LogP contribution is -2.03. The summed E-state index contributed by atoms with van der Waals surface area (Å²) in [6, 6.07) is 5.53. The molecule has 1 aliphatic rings. The molecule has 0 atom stereocenters. The lowest BCUT2D eigenvalue weighted by molar-refractivity contribution is -0.115. The van der Waals surface area contributed by atoms with E-state index in [4.69, 9.17) is 9.47 Å². The van der Waals surface area contributed by atoms with E-state index in [-0.39, 0.29) is 18.3 Å². The molecule has 0 bridgehead atoms. The van der Waals surface area contributed by atoms with Gasteiger partial charge in [-0.3, -0.25) is 4.79 Å². The van der Waals surface area contributed by atoms with E-state index in [0.717, 1.165) is 17.1 Å². The van der Waals surface area contributed by atoms with Gasteiger partial charge in [-0.05, 0) is 17.7 Å². The lowest BCUT2D eigenvalue weighted by Gasteiger charge is -2.00. The fraction of sp³-hybridized carbons (Fsp3) is 0.300. The summed E-state index contributed by atoms with van der Waals surface area (Å²) >= 11 is 3.92. The Morgan fingerprint density at radius 3 is 2.93 bits per heavy atom. The van der Waals surface area contributed by atoms with Gasteiger partial charge in [0.05, 0.1) is 0 Å². The van der Waals surface area contributed by atoms with Gasteiger partial charge in [-0.15, -0.1) is 0 Å². The van der Waals surface area contributed by atoms with Gasteiger partial charge in [0.15, 0.2) is 11.5 Å². The molecule has 0 saturated carbocycles. The van der Waals surface area contributed by atoms with Gasteiger partial charge >= 0.3 is 0 Å². The van der Waals surface area contributed by atoms with Crippen LogP contribution in [-0.4, -0.2) is 18.3 Å². The molecule has 1 aromatic rings. The Balaban J connectivity index is 2.16. The fourth-order valence-corrected chi connectivity index (χ4v) is 1.45. The normalized spacial score (nSPS) is 12.9. The minimum atomic E-state index is 0.104. The minimum absolute atomic E-state index is 0.104. The van der Waals surface area contributed by atoms with E-state index in [1.54, 1.807) is 0 Å². The molecule has 0 N–H and O–H groups in total. The van der Waals surface area contributed by atoms with Crippen LogP contribution in [0.25, 0.3) is 0 Å². The quantitative estimate of drug-likeness (QED) is 0.767. The topological polar surface area (TPSA) is 35.5 Å². The molecule has 4 heteroatoms. The first-order valence-corrected chi connectivity index (χ1v) is 4.94. The second-order valence-electron chi connectivity index (χ2n) is 3.06. The third kappa shape index (κ3) is 1.85. The molecule has 0 unspecified atom stereocenters. The van der Waals surface area contributed by atoms with Crippen LogP contribution in [0.3, 0.4) is 0 Å². The average molecular weight is 210 g/mol. The number of hydrogen-bond acceptors (Lipinski definition) is 4. The third-order valence-electron chi connectivity index (χ3n) is 2.01. The Kier molecular flexibility index (Phi) is 2.63. The summed E-state index contributed by atoms with van der Waals surface area (Å²) in [5.41, 5.74) is 0.938. The molecule has 0 radical (unpaired) electrons. The molecule has 1 aliphatic heterocycles. The van der Waals surface area contributed by atoms with Gasteiger partial charge < -0.3 is 9.47 Å². The average Bonchev–Trinajstić information content (AvgIpc) is 2.64. The zero-order chi connectivity index (χ0) is 9.97. The van der Waals surface area contributed by atoms with Crippen molar-refractivity contribution >= 4 is 18.4 Å². The third-order valence-corrected chi connectivity index (χ3v) is 2.37. The molecule has 74 valence electrons. The highest BCUT2D eigenvalue weighted by Crippen LogP contribution is 2.32. The summed E-state index contributed by atoms with van der Waals surface area (Å²) in [7, 11) is 0. The van der Waals surface area contributed by atoms with Crippen LogP contribution >= 0.6 is 12.6 Å². The standard InChI is InChI=1S/C10H10O3S/c11-8(5-14)3-7-1-2-9-10(4-7)13-6-12-9/h1-2,4,14H,3,5-6H2. The van der Waals surface area contributed by atoms with Crippen LogP contribution in [0.5, 0.6) is 11.5 Å². The molecule has 0 spiro atoms. The largest absolute Gasteiger partial charge is 0.454 e. The van der Waals surface area contributed by atoms with Crippen molar-refractivity contribution in [3.63, 3.8) is 0 Å². The van der Waals surface area contributed by atoms with Gasteiger partial charge in [-0.25, -0.2) is 0 Å². The first-order valence-electron chi connectivity index (χ1n) is 4.30. The number of Topliss-reactive ketones (excluding diaryl/α,β-unsaturated/α-hetero) is 1. The van der Waals surface area contributed by atoms with Crippen LogP contribution in [0.2, 0.25) is 0 Å². The van der Waals surface area contributed by atoms with Crippen molar-refractivity contribution in [1.29, 1.82) is 0 Å². The van der Waals surface area contributed by atoms with Gasteiger partial charge in [0.2, 0.25) is 6.79 Å². The van der Waals surface area contributed by atoms with Crippen molar-refractivity contribution in [2.24, 2.45) is 0 Å². The van der Waals surface area contributed by atoms with Crippen molar-refractivity contribution in [2.45, 2.75) is 6.42 Å². The van der Waals surface area contributed by atoms with E-state index in [2.05, 4.69) is 12.6 Å². The summed E-state index contributed by atoms with van der Waals surface area (Å²) in [6.07, 6.45) is 0.403. The van der Waals surface area contributed by atoms with Crippen LogP contribution < -0.4 is 9.47 Å². The summed E-state index contributed by atoms with van der Waals surface area (Å²) in [4.78, 5) is 11.1. The first kappa shape index (κ1) is 9.40. The highest BCUT2D eigenvalue weighted by atomic mass is 32.1. The number of ether oxygens (including phenoxy) is 2. The van der Waals surface area contributed by atoms with Gasteiger partial charge in [-0.2, -0.15) is 12.6 Å². The molecule has 3 nitrogen and oxygen atoms in total. The first-order chi connectivity index (χ1) is 6.79. The maximum Gasteiger partial charge on any atom is 0.231 e. The van der Waals surface area contributed by atoms with Crippen LogP contribution in [-0.2, 0) is 11.2 Å². The minimum Gasteiger partial charge on any atom is -0.454 e. The molecule has 1 heterocycles. The van der Waals surface area contributed by atoms with Gasteiger partial charge in [-0.1, -0.05) is 6.07 Å². The van der Waals surface area contributed by atoms with Crippen molar-refractivity contribution in [2.75, 3.05) is 12.5 Å². The van der Waals surface area contributed by atoms with E-state index in [9.17, 15) is 4.79 Å². The second-order valence-corrected chi connectivity index (χ2v) is 3.38. The predicted molar refractivity (Wildman–Crippen MR) is 55.1 cm³/mol. The Morgan fingerprint density at radius 1 is 1.36 bits per heavy atom. The molecular weight excluding hydrogens is 200 g/mol. The number of thiol groups is 1. The SMILES string of the molecule is O=C(CS)Cc1ccc2c(c1)OCO2. The monoisotopic (exact) mass is 210 g/mol. The highest BCUT2D eigenvalue weighted by molar-refractivity contribution is 7.81. The summed E-state index contributed by atoms with van der Waals surface area (Å²) < 4.78 is 10.4. The van der Waals surface area contributed by atoms with Crippen LogP contribution in [0.4, 0.5) is 0 Å². The van der Waals surface area contributed by atoms with E-state index in [0.29, 0.717) is 6.42 Å². The van der Waals surface area contributed by atoms with E-state index >= 15 is 0 Å². The van der Waals surface area contributed by atoms with Gasteiger partial charge in [0.25, 0.3) is 0 Å². The van der Waals surface area contributed by atoms with Crippen LogP contribution in [0.15, 0.2) is 18.2 Å². The van der Waals surface area contributed by atoms with Crippen molar-refractivity contribution < 1.29 is 14.3 Å². The number of carbonyl (C=O) groups excluding carboxylic acids is 1. The number of fused-ring (bicyclic) bond motifs is 1. The Hall–Kier alpha value is -1.16. The van der Waals surface area contributed by atoms with Crippen LogP contribution in [0, 0.1) is 0 Å². The van der Waals surface area contributed by atoms with Crippen molar-refractivity contribution in [3.8, 4) is 11.5 Å². The molecule has 0 fully saturated rings. The molecule has 0 amide bonds. The second kappa shape index (κ2) is 3.92. The smallest absolute Gasteiger partial charge is 0.231 e. The number of ketones is 1. The van der Waals surface area contributed by atoms with Gasteiger partial charge in [0, 0.05) is 12.2 Å². The molecule has 14 heavy (non-hydrogen) atoms. The Labute approximate surface area is 87.4 Å². The fourth-order valence-electron chi connectivity index (χ4n) is 1.33. The van der Waals surface area contributed by atoms with E-state index < -0.39 is 0 Å². The molecule has 0 aromatic heterocycles. The summed E-state index contributed by atoms with van der Waals surface area (Å²) in [6.45, 7) is 0.263. The highest BCUT2D eigenvalue weighted by Gasteiger charge is 2.13. The van der Waals surface area contributed by atoms with Crippen LogP contribution in [0.1, 0.15) is 5.56 Å². The molecule has 1 aromatic carbocycles. The Morgan fingerprint density at radius 2 is 2.14 bits per heavy atom. The molecule has 0 aliphatic carbocycles. The van der Waals surface area contributed by atoms with Crippen molar-refractivity contribution in [3.05, 3.63) is 23.8 Å². The lowest BCUT2D eigenvalue weighted by atomic mass is 10.1. The number of rotatable bonds is 3. The maximum absolute atomic E-state index is 11.1. The van der Waals surface area contributed by atoms with Crippen molar-refractivity contribution in [1.82, 2.24) is 0 Å². The molecular formula is C10H10O3S. The number of carbonyl (C=O) groups is 1. The van der Waals surface area contributed by atoms with E-state index in [1.165, 1.54) is 0 Å². The summed E-state index contributed by atoms with van der Waals surface area (Å²) in [5.74, 6) is 1.84. The molecule has 2 rings (SSSR count). The molecule has 0 saturated heterocycles. The van der Waals surface area contributed by atoms with E-state index in [1.807, 2.05) is 18.2 Å². The predicted octanol–water partition coefficient (Wildman–Crippen LogP) is 1.46. The Bertz CT molecular complexity index is 362. The maximum atomic E-state index is 11.1. The number of benzene rings is 1. The number of hydrogen-bond donors (Lipinski definition) is 1. The summed E-state index contributed by atoms with van der Waals surface area (Å²) in [5, 5.41) is 0. The zero-order valence-electron chi connectivity index (χ0n) is 7.53. The zero-order valence-corrected chi connectivity index (χ0v) is 8.42.